The molecule has 4 heteroatoms. The van der Waals surface area contributed by atoms with Crippen LogP contribution in [0.1, 0.15) is 18.4 Å². The molecule has 1 aliphatic carbocycles. The molecule has 1 saturated carbocycles. The van der Waals surface area contributed by atoms with Crippen molar-refractivity contribution in [3.8, 4) is 0 Å². The SMILES string of the molecule is [B]c1ccc2c(c1)C1(CC1)C(=O)N2P. The van der Waals surface area contributed by atoms with E-state index in [0.29, 0.717) is 0 Å². The second-order valence-electron chi connectivity index (χ2n) is 4.03. The Morgan fingerprint density at radius 1 is 1.43 bits per heavy atom. The number of fused-ring (bicyclic) bond motifs is 2. The minimum Gasteiger partial charge on any atom is -0.296 e. The van der Waals surface area contributed by atoms with Gasteiger partial charge in [-0.25, -0.2) is 0 Å². The lowest BCUT2D eigenvalue weighted by atomic mass is 9.89. The largest absolute Gasteiger partial charge is 0.296 e. The van der Waals surface area contributed by atoms with Crippen LogP contribution >= 0.6 is 9.39 Å². The average Bonchev–Trinajstić information content (AvgIpc) is 2.93. The number of benzene rings is 1. The highest BCUT2D eigenvalue weighted by Crippen LogP contribution is 2.57. The number of carbonyl (C=O) groups excluding carboxylic acids is 1. The van der Waals surface area contributed by atoms with E-state index in [0.717, 1.165) is 29.6 Å². The Kier molecular flexibility index (Phi) is 1.46. The lowest BCUT2D eigenvalue weighted by Gasteiger charge is -2.09. The van der Waals surface area contributed by atoms with Crippen molar-refractivity contribution in [1.82, 2.24) is 0 Å². The van der Waals surface area contributed by atoms with Crippen molar-refractivity contribution in [2.45, 2.75) is 18.3 Å². The summed E-state index contributed by atoms with van der Waals surface area (Å²) in [5.41, 5.74) is 2.62. The number of rotatable bonds is 0. The summed E-state index contributed by atoms with van der Waals surface area (Å²) < 4.78 is 1.67. The van der Waals surface area contributed by atoms with Crippen LogP contribution in [0.2, 0.25) is 0 Å². The molecular weight excluding hydrogens is 192 g/mol. The van der Waals surface area contributed by atoms with Crippen molar-refractivity contribution in [3.63, 3.8) is 0 Å². The molecule has 0 saturated heterocycles. The predicted octanol–water partition coefficient (Wildman–Crippen LogP) is 0.649. The predicted molar refractivity (Wildman–Crippen MR) is 59.9 cm³/mol. The molecule has 1 heterocycles. The molecular formula is C10H9BNOP. The van der Waals surface area contributed by atoms with E-state index in [9.17, 15) is 4.79 Å². The summed E-state index contributed by atoms with van der Waals surface area (Å²) in [4.78, 5) is 11.9. The number of anilines is 1. The number of carbonyl (C=O) groups is 1. The van der Waals surface area contributed by atoms with Crippen LogP contribution in [0.15, 0.2) is 18.2 Å². The lowest BCUT2D eigenvalue weighted by molar-refractivity contribution is -0.119. The quantitative estimate of drug-likeness (QED) is 0.445. The molecule has 0 aromatic heterocycles. The first-order chi connectivity index (χ1) is 6.65. The van der Waals surface area contributed by atoms with E-state index in [1.54, 1.807) is 4.67 Å². The molecule has 1 aromatic rings. The molecule has 14 heavy (non-hydrogen) atoms. The van der Waals surface area contributed by atoms with Crippen molar-refractivity contribution in [2.75, 3.05) is 4.67 Å². The zero-order valence-electron chi connectivity index (χ0n) is 7.66. The lowest BCUT2D eigenvalue weighted by Crippen LogP contribution is -2.23. The molecule has 2 aliphatic rings. The highest BCUT2D eigenvalue weighted by Gasteiger charge is 2.58. The van der Waals surface area contributed by atoms with Gasteiger partial charge in [-0.1, -0.05) is 17.6 Å². The summed E-state index contributed by atoms with van der Waals surface area (Å²) >= 11 is 0. The van der Waals surface area contributed by atoms with Crippen LogP contribution in [0.4, 0.5) is 5.69 Å². The monoisotopic (exact) mass is 201 g/mol. The third kappa shape index (κ3) is 0.839. The normalized spacial score (nSPS) is 21.5. The smallest absolute Gasteiger partial charge is 0.240 e. The molecule has 1 fully saturated rings. The Labute approximate surface area is 86.3 Å². The first-order valence-corrected chi connectivity index (χ1v) is 5.16. The van der Waals surface area contributed by atoms with Crippen molar-refractivity contribution < 1.29 is 4.79 Å². The second kappa shape index (κ2) is 2.40. The van der Waals surface area contributed by atoms with Gasteiger partial charge in [-0.2, -0.15) is 0 Å². The fourth-order valence-electron chi connectivity index (χ4n) is 2.21. The second-order valence-corrected chi connectivity index (χ2v) is 4.55. The van der Waals surface area contributed by atoms with E-state index in [-0.39, 0.29) is 11.3 Å². The third-order valence-electron chi connectivity index (χ3n) is 3.17. The number of nitrogens with zero attached hydrogens (tertiary/aromatic N) is 1. The van der Waals surface area contributed by atoms with Gasteiger partial charge in [0.2, 0.25) is 5.91 Å². The van der Waals surface area contributed by atoms with Gasteiger partial charge in [0.15, 0.2) is 0 Å². The maximum Gasteiger partial charge on any atom is 0.240 e. The molecule has 0 bridgehead atoms. The Bertz CT molecular complexity index is 442. The first-order valence-electron chi connectivity index (χ1n) is 4.64. The summed E-state index contributed by atoms with van der Waals surface area (Å²) in [5.74, 6) is 0.197. The number of hydrogen-bond donors (Lipinski definition) is 0. The van der Waals surface area contributed by atoms with Crippen LogP contribution in [0, 0.1) is 0 Å². The van der Waals surface area contributed by atoms with Crippen molar-refractivity contribution in [1.29, 1.82) is 0 Å². The third-order valence-corrected chi connectivity index (χ3v) is 3.69. The van der Waals surface area contributed by atoms with Crippen molar-refractivity contribution >= 4 is 34.3 Å². The van der Waals surface area contributed by atoms with Gasteiger partial charge < -0.3 is 0 Å². The Balaban J connectivity index is 2.27. The van der Waals surface area contributed by atoms with Gasteiger partial charge in [-0.3, -0.25) is 9.46 Å². The van der Waals surface area contributed by atoms with Gasteiger partial charge in [0.25, 0.3) is 0 Å². The molecule has 1 atom stereocenters. The van der Waals surface area contributed by atoms with Crippen molar-refractivity contribution in [3.05, 3.63) is 23.8 Å². The fraction of sp³-hybridized carbons (Fsp3) is 0.300. The summed E-state index contributed by atoms with van der Waals surface area (Å²) in [5, 5.41) is 0. The minimum atomic E-state index is -0.216. The summed E-state index contributed by atoms with van der Waals surface area (Å²) in [7, 11) is 8.22. The molecule has 1 aliphatic heterocycles. The maximum atomic E-state index is 11.9. The van der Waals surface area contributed by atoms with Gasteiger partial charge in [-0.15, -0.1) is 0 Å². The molecule has 68 valence electrons. The number of hydrogen-bond acceptors (Lipinski definition) is 1. The maximum absolute atomic E-state index is 11.9. The Hall–Kier alpha value is -0.815. The molecule has 0 N–H and O–H groups in total. The first kappa shape index (κ1) is 8.49. The van der Waals surface area contributed by atoms with Crippen LogP contribution < -0.4 is 10.1 Å². The standard InChI is InChI=1S/C10H9BNOP/c11-6-1-2-8-7(5-6)10(3-4-10)9(13)12(8)14/h1-2,5H,3-4,14H2. The van der Waals surface area contributed by atoms with E-state index >= 15 is 0 Å². The van der Waals surface area contributed by atoms with E-state index < -0.39 is 0 Å². The highest BCUT2D eigenvalue weighted by atomic mass is 31.0. The van der Waals surface area contributed by atoms with Crippen LogP contribution in [0.25, 0.3) is 0 Å². The highest BCUT2D eigenvalue weighted by molar-refractivity contribution is 7.21. The zero-order valence-corrected chi connectivity index (χ0v) is 8.81. The van der Waals surface area contributed by atoms with Gasteiger partial charge in [0.05, 0.1) is 11.1 Å². The minimum absolute atomic E-state index is 0.197. The van der Waals surface area contributed by atoms with E-state index in [4.69, 9.17) is 7.85 Å². The van der Waals surface area contributed by atoms with Gasteiger partial charge in [0.1, 0.15) is 7.85 Å². The fourth-order valence-corrected chi connectivity index (χ4v) is 2.68. The molecule has 1 unspecified atom stereocenters. The van der Waals surface area contributed by atoms with Crippen LogP contribution in [0.3, 0.4) is 0 Å². The van der Waals surface area contributed by atoms with Crippen LogP contribution in [0.5, 0.6) is 0 Å². The van der Waals surface area contributed by atoms with Gasteiger partial charge >= 0.3 is 0 Å². The molecule has 2 radical (unpaired) electrons. The zero-order chi connectivity index (χ0) is 9.92. The molecule has 1 spiro atoms. The van der Waals surface area contributed by atoms with E-state index in [1.807, 2.05) is 18.2 Å². The topological polar surface area (TPSA) is 20.3 Å². The number of amides is 1. The molecule has 1 aromatic carbocycles. The molecule has 2 nitrogen and oxygen atoms in total. The van der Waals surface area contributed by atoms with Crippen LogP contribution in [-0.2, 0) is 10.2 Å². The Morgan fingerprint density at radius 3 is 2.79 bits per heavy atom. The van der Waals surface area contributed by atoms with E-state index in [2.05, 4.69) is 9.39 Å². The summed E-state index contributed by atoms with van der Waals surface area (Å²) in [6.07, 6.45) is 1.93. The molecule has 1 amide bonds. The van der Waals surface area contributed by atoms with Gasteiger partial charge in [-0.05, 0) is 33.9 Å². The molecule has 3 rings (SSSR count). The van der Waals surface area contributed by atoms with Crippen molar-refractivity contribution in [2.24, 2.45) is 0 Å². The van der Waals surface area contributed by atoms with Gasteiger partial charge in [0, 0.05) is 0 Å². The Morgan fingerprint density at radius 2 is 2.14 bits per heavy atom. The average molecular weight is 201 g/mol. The van der Waals surface area contributed by atoms with E-state index in [1.165, 1.54) is 0 Å². The summed E-state index contributed by atoms with van der Waals surface area (Å²) in [6.45, 7) is 0. The summed E-state index contributed by atoms with van der Waals surface area (Å²) in [6, 6.07) is 5.69. The van der Waals surface area contributed by atoms with Crippen LogP contribution in [-0.4, -0.2) is 13.8 Å².